The van der Waals surface area contributed by atoms with Crippen LogP contribution in [0.2, 0.25) is 0 Å². The first-order valence-electron chi connectivity index (χ1n) is 7.48. The molecular weight excluding hydrogens is 296 g/mol. The SMILES string of the molecule is CCc1ccc([C@@H](C)NC(=O)COC(=O)c2cc(C)no2)cc1. The molecule has 1 aromatic heterocycles. The molecule has 0 fully saturated rings. The first kappa shape index (κ1) is 16.7. The summed E-state index contributed by atoms with van der Waals surface area (Å²) >= 11 is 0. The van der Waals surface area contributed by atoms with Crippen molar-refractivity contribution in [3.8, 4) is 0 Å². The summed E-state index contributed by atoms with van der Waals surface area (Å²) in [6.07, 6.45) is 0.970. The summed E-state index contributed by atoms with van der Waals surface area (Å²) in [6.45, 7) is 5.29. The Hall–Kier alpha value is -2.63. The van der Waals surface area contributed by atoms with E-state index in [2.05, 4.69) is 17.4 Å². The van der Waals surface area contributed by atoms with E-state index in [9.17, 15) is 9.59 Å². The molecule has 1 atom stereocenters. The van der Waals surface area contributed by atoms with Crippen molar-refractivity contribution in [3.05, 3.63) is 52.9 Å². The molecule has 6 heteroatoms. The Morgan fingerprint density at radius 1 is 1.30 bits per heavy atom. The van der Waals surface area contributed by atoms with E-state index >= 15 is 0 Å². The molecule has 1 amide bonds. The second-order valence-electron chi connectivity index (χ2n) is 5.29. The van der Waals surface area contributed by atoms with Crippen LogP contribution in [0.5, 0.6) is 0 Å². The first-order chi connectivity index (χ1) is 11.0. The number of hydrogen-bond acceptors (Lipinski definition) is 5. The maximum atomic E-state index is 11.9. The highest BCUT2D eigenvalue weighted by atomic mass is 16.6. The predicted octanol–water partition coefficient (Wildman–Crippen LogP) is 2.58. The zero-order valence-corrected chi connectivity index (χ0v) is 13.5. The van der Waals surface area contributed by atoms with Crippen molar-refractivity contribution in [2.24, 2.45) is 0 Å². The van der Waals surface area contributed by atoms with Crippen LogP contribution < -0.4 is 5.32 Å². The van der Waals surface area contributed by atoms with Gasteiger partial charge in [-0.25, -0.2) is 4.79 Å². The number of benzene rings is 1. The molecule has 2 aromatic rings. The van der Waals surface area contributed by atoms with Crippen molar-refractivity contribution in [1.82, 2.24) is 10.5 Å². The average Bonchev–Trinajstić information content (AvgIpc) is 2.99. The van der Waals surface area contributed by atoms with Gasteiger partial charge in [0.1, 0.15) is 0 Å². The standard InChI is InChI=1S/C17H20N2O4/c1-4-13-5-7-14(8-6-13)12(3)18-16(20)10-22-17(21)15-9-11(2)19-23-15/h5-9,12H,4,10H2,1-3H3,(H,18,20)/t12-/m1/s1. The Bertz CT molecular complexity index is 676. The summed E-state index contributed by atoms with van der Waals surface area (Å²) < 4.78 is 9.67. The maximum Gasteiger partial charge on any atom is 0.377 e. The molecule has 0 aliphatic rings. The summed E-state index contributed by atoms with van der Waals surface area (Å²) in [5, 5.41) is 6.37. The number of aromatic nitrogens is 1. The van der Waals surface area contributed by atoms with Gasteiger partial charge in [0.2, 0.25) is 5.76 Å². The minimum absolute atomic E-state index is 0.0153. The van der Waals surface area contributed by atoms with Crippen LogP contribution >= 0.6 is 0 Å². The van der Waals surface area contributed by atoms with E-state index in [-0.39, 0.29) is 24.3 Å². The topological polar surface area (TPSA) is 81.4 Å². The first-order valence-corrected chi connectivity index (χ1v) is 7.48. The van der Waals surface area contributed by atoms with Crippen molar-refractivity contribution in [1.29, 1.82) is 0 Å². The van der Waals surface area contributed by atoms with Gasteiger partial charge in [0.05, 0.1) is 11.7 Å². The third-order valence-electron chi connectivity index (χ3n) is 3.43. The Morgan fingerprint density at radius 2 is 2.00 bits per heavy atom. The van der Waals surface area contributed by atoms with Gasteiger partial charge in [0.15, 0.2) is 6.61 Å². The second-order valence-corrected chi connectivity index (χ2v) is 5.29. The molecule has 0 spiro atoms. The van der Waals surface area contributed by atoms with Crippen LogP contribution in [0.4, 0.5) is 0 Å². The fourth-order valence-corrected chi connectivity index (χ4v) is 2.07. The zero-order valence-electron chi connectivity index (χ0n) is 13.5. The number of nitrogens with zero attached hydrogens (tertiary/aromatic N) is 1. The van der Waals surface area contributed by atoms with Gasteiger partial charge in [-0.2, -0.15) is 0 Å². The molecule has 0 radical (unpaired) electrons. The Balaban J connectivity index is 1.82. The number of amides is 1. The molecule has 122 valence electrons. The van der Waals surface area contributed by atoms with Gasteiger partial charge in [-0.05, 0) is 31.4 Å². The molecular formula is C17H20N2O4. The number of hydrogen-bond donors (Lipinski definition) is 1. The molecule has 23 heavy (non-hydrogen) atoms. The monoisotopic (exact) mass is 316 g/mol. The van der Waals surface area contributed by atoms with Gasteiger partial charge in [-0.15, -0.1) is 0 Å². The number of nitrogens with one attached hydrogen (secondary N) is 1. The highest BCUT2D eigenvalue weighted by molar-refractivity contribution is 5.88. The largest absolute Gasteiger partial charge is 0.450 e. The fraction of sp³-hybridized carbons (Fsp3) is 0.353. The molecule has 0 aliphatic heterocycles. The molecule has 0 saturated heterocycles. The van der Waals surface area contributed by atoms with Crippen molar-refractivity contribution >= 4 is 11.9 Å². The highest BCUT2D eigenvalue weighted by Gasteiger charge is 2.16. The lowest BCUT2D eigenvalue weighted by Crippen LogP contribution is -2.31. The molecule has 6 nitrogen and oxygen atoms in total. The van der Waals surface area contributed by atoms with Gasteiger partial charge in [-0.1, -0.05) is 36.3 Å². The smallest absolute Gasteiger partial charge is 0.377 e. The maximum absolute atomic E-state index is 11.9. The molecule has 0 bridgehead atoms. The van der Waals surface area contributed by atoms with E-state index in [1.807, 2.05) is 31.2 Å². The van der Waals surface area contributed by atoms with Crippen LogP contribution in [0.3, 0.4) is 0 Å². The van der Waals surface area contributed by atoms with Crippen molar-refractivity contribution in [2.75, 3.05) is 6.61 Å². The number of esters is 1. The van der Waals surface area contributed by atoms with Gasteiger partial charge in [0, 0.05) is 6.07 Å². The van der Waals surface area contributed by atoms with Crippen molar-refractivity contribution in [2.45, 2.75) is 33.2 Å². The lowest BCUT2D eigenvalue weighted by Gasteiger charge is -2.14. The van der Waals surface area contributed by atoms with Gasteiger partial charge in [0.25, 0.3) is 5.91 Å². The van der Waals surface area contributed by atoms with Crippen LogP contribution in [-0.4, -0.2) is 23.6 Å². The van der Waals surface area contributed by atoms with Crippen LogP contribution in [0.1, 0.15) is 47.3 Å². The summed E-state index contributed by atoms with van der Waals surface area (Å²) in [5.74, 6) is -1.10. The van der Waals surface area contributed by atoms with Gasteiger partial charge in [-0.3, -0.25) is 4.79 Å². The molecule has 1 N–H and O–H groups in total. The van der Waals surface area contributed by atoms with Crippen molar-refractivity contribution < 1.29 is 18.8 Å². The van der Waals surface area contributed by atoms with E-state index < -0.39 is 5.97 Å². The third kappa shape index (κ3) is 4.67. The van der Waals surface area contributed by atoms with E-state index in [1.54, 1.807) is 6.92 Å². The Morgan fingerprint density at radius 3 is 2.57 bits per heavy atom. The number of ether oxygens (including phenoxy) is 1. The zero-order chi connectivity index (χ0) is 16.8. The van der Waals surface area contributed by atoms with Crippen LogP contribution in [0.25, 0.3) is 0 Å². The van der Waals surface area contributed by atoms with E-state index in [0.717, 1.165) is 12.0 Å². The fourth-order valence-electron chi connectivity index (χ4n) is 2.07. The van der Waals surface area contributed by atoms with Crippen LogP contribution in [0.15, 0.2) is 34.9 Å². The molecule has 1 heterocycles. The van der Waals surface area contributed by atoms with Crippen LogP contribution in [-0.2, 0) is 16.0 Å². The summed E-state index contributed by atoms with van der Waals surface area (Å²) in [6, 6.07) is 9.31. The number of carbonyl (C=O) groups is 2. The summed E-state index contributed by atoms with van der Waals surface area (Å²) in [4.78, 5) is 23.5. The Kier molecular flexibility index (Phi) is 5.51. The molecule has 0 aliphatic carbocycles. The van der Waals surface area contributed by atoms with E-state index in [0.29, 0.717) is 5.69 Å². The van der Waals surface area contributed by atoms with Gasteiger partial charge < -0.3 is 14.6 Å². The Labute approximate surface area is 134 Å². The summed E-state index contributed by atoms with van der Waals surface area (Å²) in [5.41, 5.74) is 2.81. The lowest BCUT2D eigenvalue weighted by molar-refractivity contribution is -0.124. The number of rotatable bonds is 6. The summed E-state index contributed by atoms with van der Waals surface area (Å²) in [7, 11) is 0. The van der Waals surface area contributed by atoms with Crippen LogP contribution in [0, 0.1) is 6.92 Å². The second kappa shape index (κ2) is 7.58. The predicted molar refractivity (Wildman–Crippen MR) is 83.9 cm³/mol. The lowest BCUT2D eigenvalue weighted by atomic mass is 10.1. The van der Waals surface area contributed by atoms with Crippen molar-refractivity contribution in [3.63, 3.8) is 0 Å². The van der Waals surface area contributed by atoms with Gasteiger partial charge >= 0.3 is 5.97 Å². The molecule has 0 unspecified atom stereocenters. The minimum Gasteiger partial charge on any atom is -0.450 e. The quantitative estimate of drug-likeness (QED) is 0.828. The highest BCUT2D eigenvalue weighted by Crippen LogP contribution is 2.13. The van der Waals surface area contributed by atoms with E-state index in [4.69, 9.17) is 9.26 Å². The van der Waals surface area contributed by atoms with E-state index in [1.165, 1.54) is 11.6 Å². The molecule has 2 rings (SSSR count). The normalized spacial score (nSPS) is 11.8. The third-order valence-corrected chi connectivity index (χ3v) is 3.43. The average molecular weight is 316 g/mol. The number of carbonyl (C=O) groups excluding carboxylic acids is 2. The minimum atomic E-state index is -0.708. The molecule has 1 aromatic carbocycles. The number of aryl methyl sites for hydroxylation is 2. The molecule has 0 saturated carbocycles.